The van der Waals surface area contributed by atoms with E-state index in [2.05, 4.69) is 31.2 Å². The summed E-state index contributed by atoms with van der Waals surface area (Å²) in [4.78, 5) is 0. The molecule has 0 N–H and O–H groups in total. The molecule has 1 nitrogen and oxygen atoms in total. The Morgan fingerprint density at radius 1 is 0.679 bits per heavy atom. The first-order valence-corrected chi connectivity index (χ1v) is 9.94. The van der Waals surface area contributed by atoms with Crippen LogP contribution in [0, 0.1) is 11.6 Å². The van der Waals surface area contributed by atoms with E-state index in [1.165, 1.54) is 11.6 Å². The minimum atomic E-state index is -0.927. The van der Waals surface area contributed by atoms with E-state index in [0.29, 0.717) is 12.2 Å². The first-order chi connectivity index (χ1) is 13.6. The molecule has 0 bridgehead atoms. The zero-order valence-electron chi connectivity index (χ0n) is 16.5. The fraction of sp³-hybridized carbons (Fsp3) is 0.280. The third-order valence-corrected chi connectivity index (χ3v) is 4.82. The van der Waals surface area contributed by atoms with Gasteiger partial charge < -0.3 is 4.74 Å². The molecule has 0 radical (unpaired) electrons. The van der Waals surface area contributed by atoms with Crippen molar-refractivity contribution in [2.75, 3.05) is 6.61 Å². The molecule has 0 atom stereocenters. The number of rotatable bonds is 8. The topological polar surface area (TPSA) is 9.23 Å². The highest BCUT2D eigenvalue weighted by Crippen LogP contribution is 2.31. The standard InChI is InChI=1S/C25H26F2O/c1-3-5-17-28-23-16-15-22(24(26)25(23)27)21-13-11-20(12-14-21)19-9-7-18(6-4-2)8-10-19/h7-16H,3-6,17H2,1-2H3. The predicted octanol–water partition coefficient (Wildman–Crippen LogP) is 7.43. The number of ether oxygens (including phenoxy) is 1. The summed E-state index contributed by atoms with van der Waals surface area (Å²) in [5.41, 5.74) is 4.36. The Labute approximate surface area is 166 Å². The molecule has 28 heavy (non-hydrogen) atoms. The Morgan fingerprint density at radius 2 is 1.29 bits per heavy atom. The lowest BCUT2D eigenvalue weighted by Crippen LogP contribution is -2.01. The van der Waals surface area contributed by atoms with Crippen LogP contribution in [0.25, 0.3) is 22.3 Å². The van der Waals surface area contributed by atoms with Gasteiger partial charge in [0.05, 0.1) is 6.61 Å². The van der Waals surface area contributed by atoms with Gasteiger partial charge in [0.2, 0.25) is 5.82 Å². The molecule has 0 spiro atoms. The smallest absolute Gasteiger partial charge is 0.201 e. The van der Waals surface area contributed by atoms with Crippen molar-refractivity contribution in [1.29, 1.82) is 0 Å². The predicted molar refractivity (Wildman–Crippen MR) is 112 cm³/mol. The molecule has 0 saturated carbocycles. The van der Waals surface area contributed by atoms with E-state index in [1.807, 2.05) is 31.2 Å². The quantitative estimate of drug-likeness (QED) is 0.369. The average Bonchev–Trinajstić information content (AvgIpc) is 2.72. The zero-order chi connectivity index (χ0) is 19.9. The summed E-state index contributed by atoms with van der Waals surface area (Å²) in [5, 5.41) is 0. The van der Waals surface area contributed by atoms with Crippen molar-refractivity contribution in [2.45, 2.75) is 39.5 Å². The molecular formula is C25H26F2O. The highest BCUT2D eigenvalue weighted by Gasteiger charge is 2.15. The molecule has 0 heterocycles. The van der Waals surface area contributed by atoms with Gasteiger partial charge in [-0.05, 0) is 47.2 Å². The summed E-state index contributed by atoms with van der Waals surface area (Å²) in [5.74, 6) is -1.83. The fourth-order valence-corrected chi connectivity index (χ4v) is 3.19. The normalized spacial score (nSPS) is 10.9. The van der Waals surface area contributed by atoms with E-state index in [0.717, 1.165) is 36.8 Å². The molecule has 0 aliphatic carbocycles. The number of hydrogen-bond acceptors (Lipinski definition) is 1. The van der Waals surface area contributed by atoms with Crippen LogP contribution in [-0.2, 0) is 6.42 Å². The van der Waals surface area contributed by atoms with Crippen LogP contribution in [0.3, 0.4) is 0 Å². The van der Waals surface area contributed by atoms with Crippen LogP contribution in [0.4, 0.5) is 8.78 Å². The molecule has 0 aliphatic heterocycles. The largest absolute Gasteiger partial charge is 0.490 e. The molecule has 0 aliphatic rings. The molecule has 0 amide bonds. The summed E-state index contributed by atoms with van der Waals surface area (Å²) < 4.78 is 34.2. The number of hydrogen-bond donors (Lipinski definition) is 0. The van der Waals surface area contributed by atoms with Crippen molar-refractivity contribution in [1.82, 2.24) is 0 Å². The fourth-order valence-electron chi connectivity index (χ4n) is 3.19. The Hall–Kier alpha value is -2.68. The van der Waals surface area contributed by atoms with Gasteiger partial charge in [0.15, 0.2) is 11.6 Å². The average molecular weight is 380 g/mol. The van der Waals surface area contributed by atoms with Crippen LogP contribution in [-0.4, -0.2) is 6.61 Å². The third kappa shape index (κ3) is 4.59. The van der Waals surface area contributed by atoms with Crippen molar-refractivity contribution in [2.24, 2.45) is 0 Å². The van der Waals surface area contributed by atoms with Gasteiger partial charge in [-0.3, -0.25) is 0 Å². The van der Waals surface area contributed by atoms with E-state index >= 15 is 0 Å². The van der Waals surface area contributed by atoms with Crippen molar-refractivity contribution in [3.63, 3.8) is 0 Å². The number of halogens is 2. The van der Waals surface area contributed by atoms with Gasteiger partial charge in [-0.15, -0.1) is 0 Å². The molecule has 0 unspecified atom stereocenters. The van der Waals surface area contributed by atoms with Crippen molar-refractivity contribution < 1.29 is 13.5 Å². The maximum absolute atomic E-state index is 14.5. The first kappa shape index (κ1) is 20.1. The molecule has 3 aromatic rings. The van der Waals surface area contributed by atoms with Gasteiger partial charge in [0.1, 0.15) is 0 Å². The number of aryl methyl sites for hydroxylation is 1. The molecule has 0 aromatic heterocycles. The van der Waals surface area contributed by atoms with E-state index in [1.54, 1.807) is 6.07 Å². The summed E-state index contributed by atoms with van der Waals surface area (Å²) >= 11 is 0. The van der Waals surface area contributed by atoms with Crippen molar-refractivity contribution in [3.8, 4) is 28.0 Å². The van der Waals surface area contributed by atoms with Gasteiger partial charge in [-0.2, -0.15) is 4.39 Å². The summed E-state index contributed by atoms with van der Waals surface area (Å²) in [6.45, 7) is 4.57. The third-order valence-electron chi connectivity index (χ3n) is 4.82. The van der Waals surface area contributed by atoms with Gasteiger partial charge in [0, 0.05) is 5.56 Å². The van der Waals surface area contributed by atoms with Gasteiger partial charge in [-0.1, -0.05) is 75.2 Å². The first-order valence-electron chi connectivity index (χ1n) is 9.94. The minimum absolute atomic E-state index is 0.0292. The Balaban J connectivity index is 1.80. The second-order valence-corrected chi connectivity index (χ2v) is 6.97. The van der Waals surface area contributed by atoms with E-state index < -0.39 is 11.6 Å². The molecule has 3 aromatic carbocycles. The minimum Gasteiger partial charge on any atom is -0.490 e. The van der Waals surface area contributed by atoms with Crippen molar-refractivity contribution in [3.05, 3.63) is 77.9 Å². The highest BCUT2D eigenvalue weighted by atomic mass is 19.2. The number of benzene rings is 3. The van der Waals surface area contributed by atoms with Crippen LogP contribution in [0.1, 0.15) is 38.7 Å². The van der Waals surface area contributed by atoms with E-state index in [-0.39, 0.29) is 11.3 Å². The molecule has 146 valence electrons. The van der Waals surface area contributed by atoms with Crippen LogP contribution in [0.15, 0.2) is 60.7 Å². The molecular weight excluding hydrogens is 354 g/mol. The Kier molecular flexibility index (Phi) is 6.80. The summed E-state index contributed by atoms with van der Waals surface area (Å²) in [6, 6.07) is 19.1. The second-order valence-electron chi connectivity index (χ2n) is 6.97. The molecule has 3 rings (SSSR count). The van der Waals surface area contributed by atoms with Gasteiger partial charge in [-0.25, -0.2) is 4.39 Å². The van der Waals surface area contributed by atoms with Crippen LogP contribution in [0.2, 0.25) is 0 Å². The van der Waals surface area contributed by atoms with Crippen LogP contribution in [0.5, 0.6) is 5.75 Å². The monoisotopic (exact) mass is 380 g/mol. The molecule has 0 saturated heterocycles. The maximum Gasteiger partial charge on any atom is 0.201 e. The SMILES string of the molecule is CCCCOc1ccc(-c2ccc(-c3ccc(CCC)cc3)cc2)c(F)c1F. The van der Waals surface area contributed by atoms with Crippen LogP contribution < -0.4 is 4.74 Å². The lowest BCUT2D eigenvalue weighted by Gasteiger charge is -2.11. The maximum atomic E-state index is 14.5. The van der Waals surface area contributed by atoms with E-state index in [4.69, 9.17) is 4.74 Å². The van der Waals surface area contributed by atoms with E-state index in [9.17, 15) is 8.78 Å². The lowest BCUT2D eigenvalue weighted by molar-refractivity contribution is 0.289. The van der Waals surface area contributed by atoms with Gasteiger partial charge >= 0.3 is 0 Å². The zero-order valence-corrected chi connectivity index (χ0v) is 16.5. The summed E-state index contributed by atoms with van der Waals surface area (Å²) in [6.07, 6.45) is 3.94. The molecule has 0 fully saturated rings. The van der Waals surface area contributed by atoms with Crippen LogP contribution >= 0.6 is 0 Å². The number of unbranched alkanes of at least 4 members (excludes halogenated alkanes) is 1. The lowest BCUT2D eigenvalue weighted by atomic mass is 9.98. The Morgan fingerprint density at radius 3 is 1.89 bits per heavy atom. The van der Waals surface area contributed by atoms with Gasteiger partial charge in [0.25, 0.3) is 0 Å². The summed E-state index contributed by atoms with van der Waals surface area (Å²) in [7, 11) is 0. The van der Waals surface area contributed by atoms with Crippen molar-refractivity contribution >= 4 is 0 Å². The molecule has 3 heteroatoms. The second kappa shape index (κ2) is 9.50. The highest BCUT2D eigenvalue weighted by molar-refractivity contribution is 5.71. The Bertz CT molecular complexity index is 899.